The van der Waals surface area contributed by atoms with Gasteiger partial charge in [-0.25, -0.2) is 15.0 Å². The van der Waals surface area contributed by atoms with Crippen molar-refractivity contribution in [2.75, 3.05) is 36.4 Å². The van der Waals surface area contributed by atoms with Crippen LogP contribution in [0.25, 0.3) is 22.3 Å². The van der Waals surface area contributed by atoms with E-state index in [1.807, 2.05) is 24.7 Å². The van der Waals surface area contributed by atoms with Crippen LogP contribution in [0.3, 0.4) is 0 Å². The third-order valence-electron chi connectivity index (χ3n) is 7.80. The summed E-state index contributed by atoms with van der Waals surface area (Å²) in [5.74, 6) is 4.06. The van der Waals surface area contributed by atoms with Crippen molar-refractivity contribution in [3.05, 3.63) is 36.3 Å². The second kappa shape index (κ2) is 9.45. The average molecular weight is 458 g/mol. The van der Waals surface area contributed by atoms with Gasteiger partial charge in [0.15, 0.2) is 5.82 Å². The second-order valence-electron chi connectivity index (χ2n) is 10.3. The van der Waals surface area contributed by atoms with Crippen molar-refractivity contribution in [3.63, 3.8) is 0 Å². The van der Waals surface area contributed by atoms with Gasteiger partial charge in [-0.3, -0.25) is 4.98 Å². The molecule has 2 N–H and O–H groups in total. The van der Waals surface area contributed by atoms with Crippen LogP contribution in [-0.2, 0) is 0 Å². The van der Waals surface area contributed by atoms with Crippen LogP contribution >= 0.6 is 0 Å². The molecule has 3 aromatic heterocycles. The molecule has 2 saturated carbocycles. The molecule has 2 aliphatic carbocycles. The van der Waals surface area contributed by atoms with E-state index in [1.165, 1.54) is 55.9 Å². The number of pyridine rings is 2. The van der Waals surface area contributed by atoms with E-state index in [0.717, 1.165) is 60.6 Å². The van der Waals surface area contributed by atoms with Crippen molar-refractivity contribution < 1.29 is 0 Å². The lowest BCUT2D eigenvalue weighted by molar-refractivity contribution is 0.328. The van der Waals surface area contributed by atoms with Gasteiger partial charge in [0.25, 0.3) is 0 Å². The summed E-state index contributed by atoms with van der Waals surface area (Å²) in [6, 6.07) is 4.56. The number of hydrogen-bond acceptors (Lipinski definition) is 7. The van der Waals surface area contributed by atoms with E-state index >= 15 is 0 Å². The fourth-order valence-electron chi connectivity index (χ4n) is 5.66. The fraction of sp³-hybridized carbons (Fsp3) is 0.556. The van der Waals surface area contributed by atoms with Crippen molar-refractivity contribution in [3.8, 4) is 11.4 Å². The Kier molecular flexibility index (Phi) is 6.04. The Balaban J connectivity index is 1.36. The molecule has 7 nitrogen and oxygen atoms in total. The topological polar surface area (TPSA) is 78.9 Å². The zero-order chi connectivity index (χ0) is 22.9. The lowest BCUT2D eigenvalue weighted by Crippen LogP contribution is -2.44. The van der Waals surface area contributed by atoms with E-state index in [0.29, 0.717) is 12.0 Å². The molecule has 34 heavy (non-hydrogen) atoms. The smallest absolute Gasteiger partial charge is 0.162 e. The molecule has 6 rings (SSSR count). The van der Waals surface area contributed by atoms with Gasteiger partial charge in [0, 0.05) is 55.6 Å². The molecule has 1 unspecified atom stereocenters. The van der Waals surface area contributed by atoms with Crippen molar-refractivity contribution in [2.24, 2.45) is 5.92 Å². The number of hydrogen-bond donors (Lipinski definition) is 2. The SMILES string of the molecule is CC(Nc1cc(-c2nc(N3CCNCC3)c3c(C4CC4)cncc3n2)ccn1)C1CCCCC1. The molecule has 7 heteroatoms. The summed E-state index contributed by atoms with van der Waals surface area (Å²) in [6.45, 7) is 6.17. The zero-order valence-electron chi connectivity index (χ0n) is 20.1. The van der Waals surface area contributed by atoms with Gasteiger partial charge in [-0.15, -0.1) is 0 Å². The molecule has 0 amide bonds. The molecular weight excluding hydrogens is 422 g/mol. The van der Waals surface area contributed by atoms with Crippen LogP contribution in [0.15, 0.2) is 30.7 Å². The van der Waals surface area contributed by atoms with Crippen LogP contribution in [-0.4, -0.2) is 52.2 Å². The lowest BCUT2D eigenvalue weighted by Gasteiger charge is -2.30. The molecule has 0 radical (unpaired) electrons. The van der Waals surface area contributed by atoms with Crippen molar-refractivity contribution in [1.82, 2.24) is 25.3 Å². The van der Waals surface area contributed by atoms with Crippen molar-refractivity contribution >= 4 is 22.5 Å². The van der Waals surface area contributed by atoms with Crippen LogP contribution < -0.4 is 15.5 Å². The Labute approximate surface area is 201 Å². The normalized spacial score (nSPS) is 20.4. The molecular formula is C27H35N7. The number of rotatable bonds is 6. The van der Waals surface area contributed by atoms with Gasteiger partial charge < -0.3 is 15.5 Å². The summed E-state index contributed by atoms with van der Waals surface area (Å²) in [4.78, 5) is 21.8. The van der Waals surface area contributed by atoms with Gasteiger partial charge in [0.2, 0.25) is 0 Å². The summed E-state index contributed by atoms with van der Waals surface area (Å²) in [5, 5.41) is 8.33. The van der Waals surface area contributed by atoms with E-state index in [-0.39, 0.29) is 0 Å². The number of piperazine rings is 1. The first-order valence-electron chi connectivity index (χ1n) is 13.1. The van der Waals surface area contributed by atoms with E-state index in [9.17, 15) is 0 Å². The number of fused-ring (bicyclic) bond motifs is 1. The summed E-state index contributed by atoms with van der Waals surface area (Å²) in [5.41, 5.74) is 3.27. The fourth-order valence-corrected chi connectivity index (χ4v) is 5.66. The van der Waals surface area contributed by atoms with Crippen LogP contribution in [0, 0.1) is 5.92 Å². The molecule has 0 bridgehead atoms. The molecule has 3 aromatic rings. The predicted molar refractivity (Wildman–Crippen MR) is 137 cm³/mol. The molecule has 4 heterocycles. The maximum atomic E-state index is 5.18. The second-order valence-corrected chi connectivity index (χ2v) is 10.3. The first-order chi connectivity index (χ1) is 16.8. The standard InChI is InChI=1S/C27H35N7/c1-18(19-5-3-2-4-6-19)31-24-15-21(9-10-30-24)26-32-23-17-29-16-22(20-7-8-20)25(23)27(33-26)34-13-11-28-12-14-34/h9-10,15-20,28H,2-8,11-14H2,1H3,(H,30,31). The Hall–Kier alpha value is -2.80. The third-order valence-corrected chi connectivity index (χ3v) is 7.80. The molecule has 3 fully saturated rings. The van der Waals surface area contributed by atoms with Gasteiger partial charge in [0.1, 0.15) is 11.6 Å². The molecule has 1 atom stereocenters. The van der Waals surface area contributed by atoms with Crippen LogP contribution in [0.1, 0.15) is 63.4 Å². The summed E-state index contributed by atoms with van der Waals surface area (Å²) >= 11 is 0. The quantitative estimate of drug-likeness (QED) is 0.553. The highest BCUT2D eigenvalue weighted by molar-refractivity contribution is 5.94. The maximum Gasteiger partial charge on any atom is 0.162 e. The maximum absolute atomic E-state index is 5.18. The Morgan fingerprint density at radius 2 is 1.85 bits per heavy atom. The highest BCUT2D eigenvalue weighted by atomic mass is 15.2. The molecule has 1 saturated heterocycles. The number of nitrogens with one attached hydrogen (secondary N) is 2. The van der Waals surface area contributed by atoms with E-state index < -0.39 is 0 Å². The van der Waals surface area contributed by atoms with Crippen molar-refractivity contribution in [2.45, 2.75) is 63.8 Å². The zero-order valence-corrected chi connectivity index (χ0v) is 20.1. The highest BCUT2D eigenvalue weighted by Gasteiger charge is 2.29. The minimum atomic E-state index is 0.419. The minimum Gasteiger partial charge on any atom is -0.367 e. The highest BCUT2D eigenvalue weighted by Crippen LogP contribution is 2.44. The summed E-state index contributed by atoms with van der Waals surface area (Å²) < 4.78 is 0. The van der Waals surface area contributed by atoms with E-state index in [1.54, 1.807) is 0 Å². The average Bonchev–Trinajstić information content (AvgIpc) is 3.74. The third kappa shape index (κ3) is 4.45. The van der Waals surface area contributed by atoms with E-state index in [2.05, 4.69) is 38.5 Å². The van der Waals surface area contributed by atoms with Crippen LogP contribution in [0.5, 0.6) is 0 Å². The van der Waals surface area contributed by atoms with Crippen LogP contribution in [0.2, 0.25) is 0 Å². The largest absolute Gasteiger partial charge is 0.367 e. The Morgan fingerprint density at radius 3 is 2.65 bits per heavy atom. The number of nitrogens with zero attached hydrogens (tertiary/aromatic N) is 5. The molecule has 0 spiro atoms. The lowest BCUT2D eigenvalue weighted by atomic mass is 9.84. The summed E-state index contributed by atoms with van der Waals surface area (Å²) in [7, 11) is 0. The predicted octanol–water partition coefficient (Wildman–Crippen LogP) is 4.75. The Morgan fingerprint density at radius 1 is 1.03 bits per heavy atom. The van der Waals surface area contributed by atoms with Gasteiger partial charge in [0.05, 0.1) is 11.7 Å². The number of aromatic nitrogens is 4. The molecule has 0 aromatic carbocycles. The van der Waals surface area contributed by atoms with Crippen LogP contribution in [0.4, 0.5) is 11.6 Å². The van der Waals surface area contributed by atoms with Crippen molar-refractivity contribution in [1.29, 1.82) is 0 Å². The Bertz CT molecular complexity index is 1150. The van der Waals surface area contributed by atoms with E-state index in [4.69, 9.17) is 9.97 Å². The number of anilines is 2. The van der Waals surface area contributed by atoms with Gasteiger partial charge in [-0.05, 0) is 62.1 Å². The van der Waals surface area contributed by atoms with Gasteiger partial charge in [-0.1, -0.05) is 19.3 Å². The molecule has 3 aliphatic rings. The molecule has 178 valence electrons. The molecule has 1 aliphatic heterocycles. The minimum absolute atomic E-state index is 0.419. The first kappa shape index (κ1) is 21.7. The monoisotopic (exact) mass is 457 g/mol. The summed E-state index contributed by atoms with van der Waals surface area (Å²) in [6.07, 6.45) is 15.0. The van der Waals surface area contributed by atoms with Gasteiger partial charge >= 0.3 is 0 Å². The first-order valence-corrected chi connectivity index (χ1v) is 13.1. The van der Waals surface area contributed by atoms with Gasteiger partial charge in [-0.2, -0.15) is 0 Å².